The standard InChI is InChI=1S/C12H9Cl2F3N2S2/c13-7-4-6(19-11(18)20)5-8(14)10(7)21-3-1-2-9(21)12(15,16)17/h1-5,21H,(H3,18,19,20). The maximum Gasteiger partial charge on any atom is 0.421 e. The lowest BCUT2D eigenvalue weighted by Crippen LogP contribution is -2.10. The van der Waals surface area contributed by atoms with Gasteiger partial charge >= 0.3 is 6.18 Å². The zero-order chi connectivity index (χ0) is 15.8. The molecular weight excluding hydrogens is 364 g/mol. The number of alkyl halides is 3. The Labute approximate surface area is 137 Å². The van der Waals surface area contributed by atoms with Crippen LogP contribution >= 0.6 is 46.7 Å². The van der Waals surface area contributed by atoms with Crippen molar-refractivity contribution in [3.63, 3.8) is 0 Å². The first-order chi connectivity index (χ1) is 9.70. The van der Waals surface area contributed by atoms with Gasteiger partial charge in [-0.05, 0) is 23.6 Å². The number of thiol groups is 2. The van der Waals surface area contributed by atoms with Crippen molar-refractivity contribution in [2.75, 3.05) is 5.32 Å². The van der Waals surface area contributed by atoms with E-state index in [-0.39, 0.29) is 20.1 Å². The molecule has 0 spiro atoms. The molecule has 1 aromatic rings. The Morgan fingerprint density at radius 3 is 2.29 bits per heavy atom. The highest BCUT2D eigenvalue weighted by atomic mass is 35.5. The first-order valence-electron chi connectivity index (χ1n) is 5.48. The third kappa shape index (κ3) is 3.71. The zero-order valence-corrected chi connectivity index (χ0v) is 13.5. The van der Waals surface area contributed by atoms with Crippen LogP contribution in [0.3, 0.4) is 0 Å². The van der Waals surface area contributed by atoms with Crippen molar-refractivity contribution in [3.05, 3.63) is 44.6 Å². The molecule has 0 radical (unpaired) electrons. The van der Waals surface area contributed by atoms with Crippen LogP contribution in [0.5, 0.6) is 0 Å². The maximum absolute atomic E-state index is 13.0. The van der Waals surface area contributed by atoms with Crippen molar-refractivity contribution in [3.8, 4) is 0 Å². The Morgan fingerprint density at radius 1 is 1.24 bits per heavy atom. The Bertz CT molecular complexity index is 633. The first-order valence-corrected chi connectivity index (χ1v) is 8.10. The number of rotatable bonds is 2. The van der Waals surface area contributed by atoms with Crippen LogP contribution < -0.4 is 5.32 Å². The van der Waals surface area contributed by atoms with E-state index >= 15 is 0 Å². The Kier molecular flexibility index (Phi) is 4.87. The Morgan fingerprint density at radius 2 is 1.81 bits per heavy atom. The smallest absolute Gasteiger partial charge is 0.335 e. The predicted octanol–water partition coefficient (Wildman–Crippen LogP) is 5.60. The SMILES string of the molecule is N=C(S)Nc1cc(Cl)c([SH]2C=CC=C2C(F)(F)F)c(Cl)c1. The topological polar surface area (TPSA) is 35.9 Å². The van der Waals surface area contributed by atoms with E-state index < -0.39 is 22.0 Å². The van der Waals surface area contributed by atoms with Gasteiger partial charge in [0.25, 0.3) is 0 Å². The van der Waals surface area contributed by atoms with Crippen molar-refractivity contribution in [1.29, 1.82) is 5.41 Å². The van der Waals surface area contributed by atoms with E-state index in [0.717, 1.165) is 6.08 Å². The van der Waals surface area contributed by atoms with Gasteiger partial charge in [0.15, 0.2) is 5.17 Å². The molecule has 1 heterocycles. The van der Waals surface area contributed by atoms with Crippen molar-refractivity contribution in [2.24, 2.45) is 0 Å². The van der Waals surface area contributed by atoms with Gasteiger partial charge in [-0.15, -0.1) is 12.6 Å². The van der Waals surface area contributed by atoms with E-state index in [9.17, 15) is 13.2 Å². The van der Waals surface area contributed by atoms with E-state index in [1.807, 2.05) is 0 Å². The number of halogens is 5. The molecule has 1 aliphatic heterocycles. The van der Waals surface area contributed by atoms with Crippen LogP contribution in [-0.2, 0) is 0 Å². The first kappa shape index (κ1) is 16.6. The summed E-state index contributed by atoms with van der Waals surface area (Å²) in [5.41, 5.74) is 0.393. The summed E-state index contributed by atoms with van der Waals surface area (Å²) in [6, 6.07) is 2.85. The molecule has 9 heteroatoms. The van der Waals surface area contributed by atoms with E-state index in [4.69, 9.17) is 28.6 Å². The lowest BCUT2D eigenvalue weighted by molar-refractivity contribution is -0.0836. The number of nitrogens with one attached hydrogen (secondary N) is 2. The minimum Gasteiger partial charge on any atom is -0.335 e. The second-order valence-corrected chi connectivity index (χ2v) is 7.25. The highest BCUT2D eigenvalue weighted by Crippen LogP contribution is 2.58. The van der Waals surface area contributed by atoms with Crippen LogP contribution in [0.2, 0.25) is 10.0 Å². The summed E-state index contributed by atoms with van der Waals surface area (Å²) >= 11 is 15.9. The average molecular weight is 373 g/mol. The molecule has 1 aliphatic rings. The Balaban J connectivity index is 2.44. The maximum atomic E-state index is 13.0. The lowest BCUT2D eigenvalue weighted by atomic mass is 10.3. The molecule has 2 nitrogen and oxygen atoms in total. The van der Waals surface area contributed by atoms with Gasteiger partial charge < -0.3 is 5.32 Å². The lowest BCUT2D eigenvalue weighted by Gasteiger charge is -2.23. The molecule has 2 N–H and O–H groups in total. The summed E-state index contributed by atoms with van der Waals surface area (Å²) in [4.78, 5) is -0.397. The summed E-state index contributed by atoms with van der Waals surface area (Å²) in [5.74, 6) is 0. The molecule has 0 amide bonds. The van der Waals surface area contributed by atoms with E-state index in [2.05, 4.69) is 17.9 Å². The van der Waals surface area contributed by atoms with Crippen LogP contribution in [0, 0.1) is 5.41 Å². The monoisotopic (exact) mass is 372 g/mol. The van der Waals surface area contributed by atoms with Crippen LogP contribution in [0.1, 0.15) is 0 Å². The fourth-order valence-corrected chi connectivity index (χ4v) is 4.89. The number of amidine groups is 1. The van der Waals surface area contributed by atoms with Crippen LogP contribution in [0.15, 0.2) is 39.5 Å². The van der Waals surface area contributed by atoms with E-state index in [1.165, 1.54) is 23.6 Å². The average Bonchev–Trinajstić information content (AvgIpc) is 2.75. The van der Waals surface area contributed by atoms with Gasteiger partial charge in [0.2, 0.25) is 0 Å². The second-order valence-electron chi connectivity index (χ2n) is 4.02. The van der Waals surface area contributed by atoms with Gasteiger partial charge in [0.05, 0.1) is 15.0 Å². The van der Waals surface area contributed by atoms with Gasteiger partial charge in [-0.25, -0.2) is 0 Å². The normalized spacial score (nSPS) is 19.5. The minimum absolute atomic E-state index is 0.118. The number of anilines is 1. The van der Waals surface area contributed by atoms with Crippen molar-refractivity contribution in [1.82, 2.24) is 0 Å². The van der Waals surface area contributed by atoms with Crippen molar-refractivity contribution in [2.45, 2.75) is 11.1 Å². The van der Waals surface area contributed by atoms with Gasteiger partial charge in [-0.2, -0.15) is 24.1 Å². The van der Waals surface area contributed by atoms with Gasteiger partial charge in [0.1, 0.15) is 0 Å². The molecule has 1 unspecified atom stereocenters. The van der Waals surface area contributed by atoms with Crippen LogP contribution in [0.4, 0.5) is 18.9 Å². The summed E-state index contributed by atoms with van der Waals surface area (Å²) in [5, 5.41) is 11.4. The largest absolute Gasteiger partial charge is 0.421 e. The number of hydrogen-bond donors (Lipinski definition) is 4. The highest BCUT2D eigenvalue weighted by Gasteiger charge is 2.39. The molecule has 114 valence electrons. The summed E-state index contributed by atoms with van der Waals surface area (Å²) in [6.07, 6.45) is -2.03. The van der Waals surface area contributed by atoms with Crippen molar-refractivity contribution < 1.29 is 13.2 Å². The summed E-state index contributed by atoms with van der Waals surface area (Å²) < 4.78 is 38.9. The highest BCUT2D eigenvalue weighted by molar-refractivity contribution is 8.23. The quantitative estimate of drug-likeness (QED) is 0.304. The molecule has 1 aromatic carbocycles. The minimum atomic E-state index is -4.42. The van der Waals surface area contributed by atoms with Crippen LogP contribution in [0.25, 0.3) is 0 Å². The number of allylic oxidation sites excluding steroid dienone is 3. The van der Waals surface area contributed by atoms with E-state index in [1.54, 1.807) is 0 Å². The molecule has 2 rings (SSSR count). The molecule has 1 atom stereocenters. The predicted molar refractivity (Wildman–Crippen MR) is 87.3 cm³/mol. The van der Waals surface area contributed by atoms with Gasteiger partial charge in [-0.1, -0.05) is 29.3 Å². The third-order valence-corrected chi connectivity index (χ3v) is 5.89. The summed E-state index contributed by atoms with van der Waals surface area (Å²) in [6.45, 7) is 0. The van der Waals surface area contributed by atoms with Gasteiger partial charge in [-0.3, -0.25) is 5.41 Å². The summed E-state index contributed by atoms with van der Waals surface area (Å²) in [7, 11) is -1.77. The Hall–Kier alpha value is -0.760. The van der Waals surface area contributed by atoms with Crippen LogP contribution in [-0.4, -0.2) is 11.3 Å². The molecule has 0 saturated heterocycles. The number of benzene rings is 1. The third-order valence-electron chi connectivity index (χ3n) is 2.56. The molecule has 21 heavy (non-hydrogen) atoms. The molecule has 0 bridgehead atoms. The molecule has 0 saturated carbocycles. The second kappa shape index (κ2) is 6.16. The molecule has 0 aromatic heterocycles. The fraction of sp³-hybridized carbons (Fsp3) is 0.0833. The van der Waals surface area contributed by atoms with Gasteiger partial charge in [0, 0.05) is 10.6 Å². The number of hydrogen-bond acceptors (Lipinski definition) is 1. The van der Waals surface area contributed by atoms with E-state index in [0.29, 0.717) is 5.69 Å². The molecule has 0 fully saturated rings. The molecule has 0 aliphatic carbocycles. The van der Waals surface area contributed by atoms with Crippen molar-refractivity contribution >= 4 is 57.6 Å². The fourth-order valence-electron chi connectivity index (χ4n) is 1.81. The zero-order valence-electron chi connectivity index (χ0n) is 10.2. The molecular formula is C12H9Cl2F3N2S2.